The molecule has 78 valence electrons. The van der Waals surface area contributed by atoms with Crippen molar-refractivity contribution in [2.24, 2.45) is 0 Å². The zero-order chi connectivity index (χ0) is 11.0. The van der Waals surface area contributed by atoms with Gasteiger partial charge in [-0.3, -0.25) is 10.1 Å². The Morgan fingerprint density at radius 2 is 2.00 bits per heavy atom. The first-order chi connectivity index (χ1) is 7.86. The van der Waals surface area contributed by atoms with E-state index in [2.05, 4.69) is 15.2 Å². The summed E-state index contributed by atoms with van der Waals surface area (Å²) in [4.78, 5) is 4.17. The molecule has 0 unspecified atom stereocenters. The minimum absolute atomic E-state index is 0.193. The molecule has 0 spiro atoms. The standard InChI is InChI=1S/C12H9N3O/c16-11-3-1-2-9-8(4-6-13-12(9)11)10-5-7-14-15-10/h1-7,16H,(H,14,15). The number of pyridine rings is 1. The van der Waals surface area contributed by atoms with Crippen molar-refractivity contribution >= 4 is 10.9 Å². The number of hydrogen-bond donors (Lipinski definition) is 2. The van der Waals surface area contributed by atoms with Gasteiger partial charge in [0.05, 0.1) is 5.69 Å². The Balaban J connectivity index is 2.38. The van der Waals surface area contributed by atoms with E-state index in [1.165, 1.54) is 0 Å². The van der Waals surface area contributed by atoms with Gasteiger partial charge in [0.25, 0.3) is 0 Å². The Bertz CT molecular complexity index is 632. The third kappa shape index (κ3) is 1.24. The number of phenols is 1. The van der Waals surface area contributed by atoms with Crippen LogP contribution >= 0.6 is 0 Å². The molecule has 0 aliphatic rings. The third-order valence-corrected chi connectivity index (χ3v) is 2.54. The molecule has 4 heteroatoms. The van der Waals surface area contributed by atoms with Gasteiger partial charge in [0.2, 0.25) is 0 Å². The summed E-state index contributed by atoms with van der Waals surface area (Å²) in [7, 11) is 0. The Morgan fingerprint density at radius 1 is 1.06 bits per heavy atom. The smallest absolute Gasteiger partial charge is 0.141 e. The Morgan fingerprint density at radius 3 is 2.81 bits per heavy atom. The average molecular weight is 211 g/mol. The molecule has 2 heterocycles. The maximum Gasteiger partial charge on any atom is 0.141 e. The summed E-state index contributed by atoms with van der Waals surface area (Å²) in [5.41, 5.74) is 2.51. The summed E-state index contributed by atoms with van der Waals surface area (Å²) >= 11 is 0. The van der Waals surface area contributed by atoms with Crippen LogP contribution in [0.5, 0.6) is 5.75 Å². The van der Waals surface area contributed by atoms with Gasteiger partial charge in [-0.15, -0.1) is 0 Å². The lowest BCUT2D eigenvalue weighted by atomic mass is 10.1. The molecule has 0 fully saturated rings. The van der Waals surface area contributed by atoms with Crippen LogP contribution in [0.4, 0.5) is 0 Å². The van der Waals surface area contributed by atoms with E-state index in [9.17, 15) is 5.11 Å². The van der Waals surface area contributed by atoms with Crippen LogP contribution in [0.15, 0.2) is 42.7 Å². The van der Waals surface area contributed by atoms with E-state index in [-0.39, 0.29) is 5.75 Å². The summed E-state index contributed by atoms with van der Waals surface area (Å²) in [6.07, 6.45) is 3.38. The second-order valence-electron chi connectivity index (χ2n) is 3.50. The molecule has 3 rings (SSSR count). The van der Waals surface area contributed by atoms with Crippen molar-refractivity contribution in [2.75, 3.05) is 0 Å². The van der Waals surface area contributed by atoms with E-state index in [0.29, 0.717) is 5.52 Å². The van der Waals surface area contributed by atoms with Crippen molar-refractivity contribution in [3.05, 3.63) is 42.7 Å². The van der Waals surface area contributed by atoms with Gasteiger partial charge in [0.1, 0.15) is 11.3 Å². The van der Waals surface area contributed by atoms with Crippen LogP contribution in [0.1, 0.15) is 0 Å². The number of aromatic hydroxyl groups is 1. The number of aromatic amines is 1. The van der Waals surface area contributed by atoms with Crippen LogP contribution in [-0.4, -0.2) is 20.3 Å². The molecule has 3 aromatic rings. The van der Waals surface area contributed by atoms with Gasteiger partial charge in [-0.2, -0.15) is 5.10 Å². The number of benzene rings is 1. The Labute approximate surface area is 91.6 Å². The highest BCUT2D eigenvalue weighted by Gasteiger charge is 2.07. The van der Waals surface area contributed by atoms with E-state index >= 15 is 0 Å². The predicted octanol–water partition coefficient (Wildman–Crippen LogP) is 2.33. The zero-order valence-corrected chi connectivity index (χ0v) is 8.38. The number of nitrogens with one attached hydrogen (secondary N) is 1. The lowest BCUT2D eigenvalue weighted by molar-refractivity contribution is 0.480. The average Bonchev–Trinajstić information content (AvgIpc) is 2.82. The molecular formula is C12H9N3O. The highest BCUT2D eigenvalue weighted by atomic mass is 16.3. The predicted molar refractivity (Wildman–Crippen MR) is 61.0 cm³/mol. The van der Waals surface area contributed by atoms with Gasteiger partial charge in [-0.25, -0.2) is 0 Å². The number of rotatable bonds is 1. The van der Waals surface area contributed by atoms with Crippen LogP contribution in [0.3, 0.4) is 0 Å². The molecule has 2 aromatic heterocycles. The number of fused-ring (bicyclic) bond motifs is 1. The zero-order valence-electron chi connectivity index (χ0n) is 8.38. The summed E-state index contributed by atoms with van der Waals surface area (Å²) in [5.74, 6) is 0.193. The van der Waals surface area contributed by atoms with E-state index in [4.69, 9.17) is 0 Å². The molecule has 0 amide bonds. The van der Waals surface area contributed by atoms with Crippen molar-refractivity contribution in [3.63, 3.8) is 0 Å². The van der Waals surface area contributed by atoms with Gasteiger partial charge >= 0.3 is 0 Å². The minimum Gasteiger partial charge on any atom is -0.506 e. The monoisotopic (exact) mass is 211 g/mol. The Hall–Kier alpha value is -2.36. The number of para-hydroxylation sites is 1. The quantitative estimate of drug-likeness (QED) is 0.649. The molecular weight excluding hydrogens is 202 g/mol. The number of H-pyrrole nitrogens is 1. The molecule has 0 saturated carbocycles. The van der Waals surface area contributed by atoms with Crippen molar-refractivity contribution in [1.82, 2.24) is 15.2 Å². The molecule has 0 saturated heterocycles. The highest BCUT2D eigenvalue weighted by Crippen LogP contribution is 2.29. The number of aromatic nitrogens is 3. The second kappa shape index (κ2) is 3.34. The van der Waals surface area contributed by atoms with Gasteiger partial charge in [0.15, 0.2) is 0 Å². The molecule has 4 nitrogen and oxygen atoms in total. The molecule has 0 bridgehead atoms. The second-order valence-corrected chi connectivity index (χ2v) is 3.50. The lowest BCUT2D eigenvalue weighted by Crippen LogP contribution is -1.85. The van der Waals surface area contributed by atoms with E-state index in [1.54, 1.807) is 24.5 Å². The maximum atomic E-state index is 9.70. The first-order valence-electron chi connectivity index (χ1n) is 4.93. The van der Waals surface area contributed by atoms with Crippen LogP contribution in [0, 0.1) is 0 Å². The van der Waals surface area contributed by atoms with Crippen LogP contribution < -0.4 is 0 Å². The fourth-order valence-electron chi connectivity index (χ4n) is 1.80. The summed E-state index contributed by atoms with van der Waals surface area (Å²) in [6.45, 7) is 0. The van der Waals surface area contributed by atoms with Crippen LogP contribution in [0.25, 0.3) is 22.2 Å². The van der Waals surface area contributed by atoms with Gasteiger partial charge in [-0.05, 0) is 18.2 Å². The number of phenolic OH excluding ortho intramolecular Hbond substituents is 1. The molecule has 0 aliphatic carbocycles. The summed E-state index contributed by atoms with van der Waals surface area (Å²) < 4.78 is 0. The normalized spacial score (nSPS) is 10.8. The number of hydrogen-bond acceptors (Lipinski definition) is 3. The van der Waals surface area contributed by atoms with Gasteiger partial charge < -0.3 is 5.11 Å². The summed E-state index contributed by atoms with van der Waals surface area (Å²) in [6, 6.07) is 9.15. The molecule has 16 heavy (non-hydrogen) atoms. The van der Waals surface area contributed by atoms with E-state index in [0.717, 1.165) is 16.6 Å². The largest absolute Gasteiger partial charge is 0.506 e. The van der Waals surface area contributed by atoms with Gasteiger partial charge in [0, 0.05) is 23.3 Å². The van der Waals surface area contributed by atoms with Crippen LogP contribution in [0.2, 0.25) is 0 Å². The first kappa shape index (κ1) is 8.91. The molecule has 2 N–H and O–H groups in total. The minimum atomic E-state index is 0.193. The molecule has 0 aliphatic heterocycles. The Kier molecular flexibility index (Phi) is 1.86. The van der Waals surface area contributed by atoms with E-state index < -0.39 is 0 Å². The van der Waals surface area contributed by atoms with Crippen LogP contribution in [-0.2, 0) is 0 Å². The van der Waals surface area contributed by atoms with Crippen molar-refractivity contribution in [2.45, 2.75) is 0 Å². The van der Waals surface area contributed by atoms with Crippen molar-refractivity contribution in [3.8, 4) is 17.0 Å². The van der Waals surface area contributed by atoms with E-state index in [1.807, 2.05) is 18.2 Å². The third-order valence-electron chi connectivity index (χ3n) is 2.54. The SMILES string of the molecule is Oc1cccc2c(-c3ccn[nH]3)ccnc12. The lowest BCUT2D eigenvalue weighted by Gasteiger charge is -2.04. The highest BCUT2D eigenvalue weighted by molar-refractivity contribution is 5.96. The molecule has 0 radical (unpaired) electrons. The maximum absolute atomic E-state index is 9.70. The van der Waals surface area contributed by atoms with Crippen molar-refractivity contribution < 1.29 is 5.11 Å². The van der Waals surface area contributed by atoms with Crippen molar-refractivity contribution in [1.29, 1.82) is 0 Å². The fraction of sp³-hybridized carbons (Fsp3) is 0. The topological polar surface area (TPSA) is 61.8 Å². The van der Waals surface area contributed by atoms with Gasteiger partial charge in [-0.1, -0.05) is 12.1 Å². The summed E-state index contributed by atoms with van der Waals surface area (Å²) in [5, 5.41) is 17.4. The number of nitrogens with zero attached hydrogens (tertiary/aromatic N) is 2. The first-order valence-corrected chi connectivity index (χ1v) is 4.93. The molecule has 1 aromatic carbocycles. The fourth-order valence-corrected chi connectivity index (χ4v) is 1.80. The molecule has 0 atom stereocenters.